The van der Waals surface area contributed by atoms with Gasteiger partial charge in [0.1, 0.15) is 11.6 Å². The SMILES string of the molecule is CN(CCC(=O)O)C(=O)Nc1cc(F)c(Br)cc1F. The third kappa shape index (κ3) is 4.47. The lowest BCUT2D eigenvalue weighted by atomic mass is 10.3. The van der Waals surface area contributed by atoms with Crippen molar-refractivity contribution in [1.29, 1.82) is 0 Å². The number of aliphatic carboxylic acids is 1. The van der Waals surface area contributed by atoms with Crippen molar-refractivity contribution in [2.75, 3.05) is 18.9 Å². The molecule has 0 heterocycles. The first-order valence-corrected chi connectivity index (χ1v) is 5.99. The molecular weight excluding hydrogens is 326 g/mol. The molecule has 0 aromatic heterocycles. The molecule has 1 aromatic rings. The van der Waals surface area contributed by atoms with E-state index < -0.39 is 23.6 Å². The summed E-state index contributed by atoms with van der Waals surface area (Å²) in [5, 5.41) is 10.6. The van der Waals surface area contributed by atoms with Crippen LogP contribution in [0.25, 0.3) is 0 Å². The summed E-state index contributed by atoms with van der Waals surface area (Å²) in [4.78, 5) is 23.0. The molecule has 8 heteroatoms. The summed E-state index contributed by atoms with van der Waals surface area (Å²) >= 11 is 2.81. The number of hydrogen-bond acceptors (Lipinski definition) is 2. The lowest BCUT2D eigenvalue weighted by molar-refractivity contribution is -0.137. The standard InChI is InChI=1S/C11H11BrF2N2O3/c1-16(3-2-10(17)18)11(19)15-9-5-7(13)6(12)4-8(9)14/h4-5H,2-3H2,1H3,(H,15,19)(H,17,18). The van der Waals surface area contributed by atoms with E-state index in [0.717, 1.165) is 17.0 Å². The zero-order valence-corrected chi connectivity index (χ0v) is 11.5. The Bertz CT molecular complexity index is 511. The first kappa shape index (κ1) is 15.4. The van der Waals surface area contributed by atoms with E-state index in [4.69, 9.17) is 5.11 Å². The second-order valence-electron chi connectivity index (χ2n) is 3.74. The van der Waals surface area contributed by atoms with E-state index in [2.05, 4.69) is 21.2 Å². The summed E-state index contributed by atoms with van der Waals surface area (Å²) in [7, 11) is 1.35. The van der Waals surface area contributed by atoms with Crippen LogP contribution >= 0.6 is 15.9 Å². The molecule has 0 saturated heterocycles. The molecular formula is C11H11BrF2N2O3. The van der Waals surface area contributed by atoms with Crippen molar-refractivity contribution in [3.8, 4) is 0 Å². The summed E-state index contributed by atoms with van der Waals surface area (Å²) < 4.78 is 26.6. The summed E-state index contributed by atoms with van der Waals surface area (Å²) in [5.74, 6) is -2.57. The molecule has 0 spiro atoms. The van der Waals surface area contributed by atoms with Crippen LogP contribution in [0, 0.1) is 11.6 Å². The Morgan fingerprint density at radius 3 is 2.58 bits per heavy atom. The molecule has 104 valence electrons. The summed E-state index contributed by atoms with van der Waals surface area (Å²) in [6.07, 6.45) is -0.235. The fourth-order valence-electron chi connectivity index (χ4n) is 1.19. The third-order valence-corrected chi connectivity index (χ3v) is 2.87. The van der Waals surface area contributed by atoms with E-state index in [1.807, 2.05) is 0 Å². The van der Waals surface area contributed by atoms with Gasteiger partial charge in [0.05, 0.1) is 16.6 Å². The molecule has 0 fully saturated rings. The van der Waals surface area contributed by atoms with E-state index in [-0.39, 0.29) is 23.1 Å². The minimum Gasteiger partial charge on any atom is -0.481 e. The normalized spacial score (nSPS) is 10.1. The number of urea groups is 1. The number of rotatable bonds is 4. The maximum Gasteiger partial charge on any atom is 0.321 e. The van der Waals surface area contributed by atoms with Crippen molar-refractivity contribution >= 4 is 33.6 Å². The number of amides is 2. The van der Waals surface area contributed by atoms with Crippen LogP contribution < -0.4 is 5.32 Å². The molecule has 2 N–H and O–H groups in total. The topological polar surface area (TPSA) is 69.6 Å². The average molecular weight is 337 g/mol. The van der Waals surface area contributed by atoms with E-state index in [9.17, 15) is 18.4 Å². The van der Waals surface area contributed by atoms with E-state index in [0.29, 0.717) is 0 Å². The Balaban J connectivity index is 2.71. The van der Waals surface area contributed by atoms with Gasteiger partial charge in [-0.15, -0.1) is 0 Å². The molecule has 0 aliphatic carbocycles. The molecule has 1 rings (SSSR count). The Morgan fingerprint density at radius 2 is 2.00 bits per heavy atom. The monoisotopic (exact) mass is 336 g/mol. The van der Waals surface area contributed by atoms with Crippen LogP contribution in [-0.2, 0) is 4.79 Å². The first-order valence-electron chi connectivity index (χ1n) is 5.19. The fourth-order valence-corrected chi connectivity index (χ4v) is 1.51. The van der Waals surface area contributed by atoms with Gasteiger partial charge in [-0.1, -0.05) is 0 Å². The first-order chi connectivity index (χ1) is 8.81. The van der Waals surface area contributed by atoms with Crippen molar-refractivity contribution in [2.24, 2.45) is 0 Å². The Morgan fingerprint density at radius 1 is 1.37 bits per heavy atom. The second-order valence-corrected chi connectivity index (χ2v) is 4.60. The van der Waals surface area contributed by atoms with Crippen molar-refractivity contribution in [2.45, 2.75) is 6.42 Å². The number of hydrogen-bond donors (Lipinski definition) is 2. The van der Waals surface area contributed by atoms with Gasteiger partial charge in [0, 0.05) is 19.7 Å². The van der Waals surface area contributed by atoms with Crippen LogP contribution in [0.4, 0.5) is 19.3 Å². The van der Waals surface area contributed by atoms with Gasteiger partial charge in [-0.25, -0.2) is 13.6 Å². The van der Waals surface area contributed by atoms with Gasteiger partial charge in [-0.3, -0.25) is 4.79 Å². The highest BCUT2D eigenvalue weighted by atomic mass is 79.9. The fraction of sp³-hybridized carbons (Fsp3) is 0.273. The van der Waals surface area contributed by atoms with Crippen LogP contribution in [0.2, 0.25) is 0 Å². The van der Waals surface area contributed by atoms with Crippen LogP contribution in [0.15, 0.2) is 16.6 Å². The van der Waals surface area contributed by atoms with Gasteiger partial charge in [0.25, 0.3) is 0 Å². The number of nitrogens with one attached hydrogen (secondary N) is 1. The zero-order chi connectivity index (χ0) is 14.6. The molecule has 0 saturated carbocycles. The van der Waals surface area contributed by atoms with E-state index >= 15 is 0 Å². The van der Waals surface area contributed by atoms with Crippen molar-refractivity contribution in [3.05, 3.63) is 28.2 Å². The smallest absolute Gasteiger partial charge is 0.321 e. The van der Waals surface area contributed by atoms with Crippen molar-refractivity contribution in [1.82, 2.24) is 4.90 Å². The predicted octanol–water partition coefficient (Wildman–Crippen LogP) is 2.67. The van der Waals surface area contributed by atoms with Gasteiger partial charge in [0.2, 0.25) is 0 Å². The van der Waals surface area contributed by atoms with E-state index in [1.54, 1.807) is 0 Å². The number of carboxylic acid groups (broad SMARTS) is 1. The summed E-state index contributed by atoms with van der Waals surface area (Å²) in [6, 6.07) is 1.01. The molecule has 0 unspecified atom stereocenters. The molecule has 0 radical (unpaired) electrons. The summed E-state index contributed by atoms with van der Waals surface area (Å²) in [5.41, 5.74) is -0.312. The van der Waals surface area contributed by atoms with Crippen LogP contribution in [0.3, 0.4) is 0 Å². The molecule has 0 aliphatic heterocycles. The highest BCUT2D eigenvalue weighted by molar-refractivity contribution is 9.10. The van der Waals surface area contributed by atoms with Crippen molar-refractivity contribution < 1.29 is 23.5 Å². The largest absolute Gasteiger partial charge is 0.481 e. The minimum atomic E-state index is -1.06. The lowest BCUT2D eigenvalue weighted by Crippen LogP contribution is -2.33. The molecule has 0 atom stereocenters. The Labute approximate surface area is 116 Å². The molecule has 0 aliphatic rings. The third-order valence-electron chi connectivity index (χ3n) is 2.26. The second kappa shape index (κ2) is 6.46. The maximum absolute atomic E-state index is 13.4. The van der Waals surface area contributed by atoms with Crippen LogP contribution in [0.5, 0.6) is 0 Å². The zero-order valence-electron chi connectivity index (χ0n) is 9.91. The Hall–Kier alpha value is -1.70. The average Bonchev–Trinajstić information content (AvgIpc) is 2.32. The van der Waals surface area contributed by atoms with E-state index in [1.165, 1.54) is 7.05 Å². The van der Waals surface area contributed by atoms with Gasteiger partial charge in [-0.05, 0) is 22.0 Å². The maximum atomic E-state index is 13.4. The lowest BCUT2D eigenvalue weighted by Gasteiger charge is -2.17. The molecule has 2 amide bonds. The number of carbonyl (C=O) groups excluding carboxylic acids is 1. The minimum absolute atomic E-state index is 0.0399. The number of benzene rings is 1. The van der Waals surface area contributed by atoms with Gasteiger partial charge in [-0.2, -0.15) is 0 Å². The molecule has 0 bridgehead atoms. The van der Waals surface area contributed by atoms with Crippen LogP contribution in [0.1, 0.15) is 6.42 Å². The number of nitrogens with zero attached hydrogens (tertiary/aromatic N) is 1. The molecule has 1 aromatic carbocycles. The van der Waals surface area contributed by atoms with Crippen LogP contribution in [-0.4, -0.2) is 35.6 Å². The predicted molar refractivity (Wildman–Crippen MR) is 68.0 cm³/mol. The highest BCUT2D eigenvalue weighted by Gasteiger charge is 2.14. The van der Waals surface area contributed by atoms with Crippen molar-refractivity contribution in [3.63, 3.8) is 0 Å². The number of halogens is 3. The van der Waals surface area contributed by atoms with Gasteiger partial charge >= 0.3 is 12.0 Å². The van der Waals surface area contributed by atoms with Gasteiger partial charge < -0.3 is 15.3 Å². The molecule has 5 nitrogen and oxygen atoms in total. The molecule has 19 heavy (non-hydrogen) atoms. The quantitative estimate of drug-likeness (QED) is 0.830. The Kier molecular flexibility index (Phi) is 5.22. The van der Waals surface area contributed by atoms with Gasteiger partial charge in [0.15, 0.2) is 0 Å². The summed E-state index contributed by atoms with van der Waals surface area (Å²) in [6.45, 7) is -0.0399. The number of carbonyl (C=O) groups is 2. The highest BCUT2D eigenvalue weighted by Crippen LogP contribution is 2.23. The number of anilines is 1. The number of carboxylic acids is 1.